The third-order valence-electron chi connectivity index (χ3n) is 3.20. The first-order chi connectivity index (χ1) is 12.2. The van der Waals surface area contributed by atoms with Gasteiger partial charge >= 0.3 is 39.9 Å². The second kappa shape index (κ2) is 17.3. The van der Waals surface area contributed by atoms with Gasteiger partial charge in [-0.15, -0.1) is 0 Å². The van der Waals surface area contributed by atoms with Gasteiger partial charge in [0.05, 0.1) is 25.5 Å². The number of allylic oxidation sites excluding steroid dienone is 4. The minimum Gasteiger partial charge on any atom is 0 e. The Morgan fingerprint density at radius 1 is 1.12 bits per heavy atom. The molecule has 1 aromatic rings. The fraction of sp³-hybridized carbons (Fsp3) is 0.222. The predicted octanol–water partition coefficient (Wildman–Crippen LogP) is 2.55. The van der Waals surface area contributed by atoms with Gasteiger partial charge in [-0.05, 0) is 24.1 Å². The Morgan fingerprint density at radius 2 is 1.69 bits per heavy atom. The van der Waals surface area contributed by atoms with Crippen molar-refractivity contribution in [3.8, 4) is 5.75 Å². The summed E-state index contributed by atoms with van der Waals surface area (Å²) in [5, 5.41) is 0. The van der Waals surface area contributed by atoms with Crippen LogP contribution in [0.2, 0.25) is 0 Å². The zero-order chi connectivity index (χ0) is 19.8. The Hall–Kier alpha value is -2.49. The summed E-state index contributed by atoms with van der Waals surface area (Å²) in [5.74, 6) is 0.263. The molecule has 8 heteroatoms. The summed E-state index contributed by atoms with van der Waals surface area (Å²) in [6.07, 6.45) is 8.96. The number of nitrogen functional groups attached to an aromatic ring is 1. The van der Waals surface area contributed by atoms with Crippen LogP contribution in [0.1, 0.15) is 28.3 Å². The molecule has 1 aliphatic rings. The van der Waals surface area contributed by atoms with Gasteiger partial charge in [0.2, 0.25) is 0 Å². The van der Waals surface area contributed by atoms with E-state index in [-0.39, 0.29) is 23.0 Å². The second-order valence-corrected chi connectivity index (χ2v) is 4.33. The zero-order valence-corrected chi connectivity index (χ0v) is 15.2. The number of carbonyl (C=O) groups is 1. The molecule has 2 N–H and O–H groups in total. The number of methoxy groups -OCH3 is 2. The maximum atomic E-state index is 11.7. The van der Waals surface area contributed by atoms with E-state index in [4.69, 9.17) is 29.2 Å². The standard InChI is InChI=1S/C15H17NO3.3CO.Fe/c1-18-13-9-11(15(17)19-2)8-12(14(13)16)10-6-4-3-5-7-10;3*1-2;/h3-6,8-10H,7,16H2,1-2H3;;;;. The molecule has 0 fully saturated rings. The van der Waals surface area contributed by atoms with Crippen molar-refractivity contribution in [1.29, 1.82) is 0 Å². The van der Waals surface area contributed by atoms with E-state index < -0.39 is 5.97 Å². The molecule has 0 heterocycles. The Balaban J connectivity index is -0.000000686. The first kappa shape index (κ1) is 28.3. The molecular weight excluding hydrogens is 382 g/mol. The van der Waals surface area contributed by atoms with Crippen LogP contribution in [-0.2, 0) is 35.8 Å². The molecule has 1 aromatic carbocycles. The number of anilines is 1. The van der Waals surface area contributed by atoms with E-state index in [1.165, 1.54) is 14.2 Å². The van der Waals surface area contributed by atoms with E-state index in [1.54, 1.807) is 12.1 Å². The zero-order valence-electron chi connectivity index (χ0n) is 14.1. The van der Waals surface area contributed by atoms with Crippen molar-refractivity contribution in [1.82, 2.24) is 0 Å². The van der Waals surface area contributed by atoms with E-state index in [0.717, 1.165) is 12.0 Å². The number of esters is 1. The molecule has 0 aliphatic heterocycles. The summed E-state index contributed by atoms with van der Waals surface area (Å²) in [4.78, 5) is 11.7. The summed E-state index contributed by atoms with van der Waals surface area (Å²) < 4.78 is 32.5. The monoisotopic (exact) mass is 399 g/mol. The number of hydrogen-bond donors (Lipinski definition) is 1. The summed E-state index contributed by atoms with van der Waals surface area (Å²) in [7, 11) is 2.89. The number of hydrogen-bond acceptors (Lipinski definition) is 4. The average Bonchev–Trinajstić information content (AvgIpc) is 2.72. The van der Waals surface area contributed by atoms with Crippen LogP contribution in [0.5, 0.6) is 5.75 Å². The molecule has 0 saturated carbocycles. The normalized spacial score (nSPS) is 12.8. The Morgan fingerprint density at radius 3 is 2.12 bits per heavy atom. The Kier molecular flexibility index (Phi) is 18.9. The predicted molar refractivity (Wildman–Crippen MR) is 86.2 cm³/mol. The molecule has 0 bridgehead atoms. The van der Waals surface area contributed by atoms with E-state index in [0.29, 0.717) is 17.0 Å². The third-order valence-corrected chi connectivity index (χ3v) is 3.20. The Bertz CT molecular complexity index is 662. The van der Waals surface area contributed by atoms with Crippen molar-refractivity contribution in [3.05, 3.63) is 67.5 Å². The van der Waals surface area contributed by atoms with E-state index in [9.17, 15) is 4.79 Å². The van der Waals surface area contributed by atoms with Gasteiger partial charge in [0.15, 0.2) is 0 Å². The summed E-state index contributed by atoms with van der Waals surface area (Å²) in [6, 6.07) is 3.38. The molecule has 1 aliphatic carbocycles. The largest absolute Gasteiger partial charge is 0 e. The summed E-state index contributed by atoms with van der Waals surface area (Å²) >= 11 is 0. The molecule has 138 valence electrons. The summed E-state index contributed by atoms with van der Waals surface area (Å²) in [6.45, 7) is 13.5. The van der Waals surface area contributed by atoms with E-state index >= 15 is 0 Å². The van der Waals surface area contributed by atoms with Crippen LogP contribution in [0.25, 0.3) is 0 Å². The van der Waals surface area contributed by atoms with Crippen molar-refractivity contribution in [2.24, 2.45) is 0 Å². The number of rotatable bonds is 3. The van der Waals surface area contributed by atoms with Gasteiger partial charge in [0.1, 0.15) is 5.75 Å². The summed E-state index contributed by atoms with van der Waals surface area (Å²) in [5.41, 5.74) is 8.01. The smallest absolute Gasteiger partial charge is 0 e. The van der Waals surface area contributed by atoms with Crippen molar-refractivity contribution >= 4 is 11.7 Å². The van der Waals surface area contributed by atoms with Crippen LogP contribution in [0.15, 0.2) is 36.4 Å². The van der Waals surface area contributed by atoms with Crippen LogP contribution in [0.3, 0.4) is 0 Å². The molecule has 1 unspecified atom stereocenters. The second-order valence-electron chi connectivity index (χ2n) is 4.33. The van der Waals surface area contributed by atoms with E-state index in [1.807, 2.05) is 12.2 Å². The van der Waals surface area contributed by atoms with Gasteiger partial charge in [-0.2, -0.15) is 0 Å². The van der Waals surface area contributed by atoms with Crippen LogP contribution < -0.4 is 10.5 Å². The molecule has 0 radical (unpaired) electrons. The van der Waals surface area contributed by atoms with Crippen LogP contribution in [-0.4, -0.2) is 20.2 Å². The van der Waals surface area contributed by atoms with Gasteiger partial charge in [-0.25, -0.2) is 4.79 Å². The fourth-order valence-corrected chi connectivity index (χ4v) is 2.17. The molecule has 0 spiro atoms. The maximum absolute atomic E-state index is 11.7. The number of ether oxygens (including phenoxy) is 2. The van der Waals surface area contributed by atoms with Gasteiger partial charge in [-0.3, -0.25) is 0 Å². The van der Waals surface area contributed by atoms with Crippen molar-refractivity contribution in [3.63, 3.8) is 0 Å². The van der Waals surface area contributed by atoms with Gasteiger partial charge < -0.3 is 15.2 Å². The first-order valence-corrected chi connectivity index (χ1v) is 6.67. The third kappa shape index (κ3) is 8.06. The minimum absolute atomic E-state index is 0. The SMILES string of the molecule is COC(=O)c1cc(OC)c(N)c(C2C=CC=CC2)c1.[C-]#[O+].[C-]#[O+].[C-]#[O+].[Fe]. The van der Waals surface area contributed by atoms with Gasteiger partial charge in [-0.1, -0.05) is 24.3 Å². The van der Waals surface area contributed by atoms with Crippen molar-refractivity contribution < 1.29 is 45.3 Å². The van der Waals surface area contributed by atoms with E-state index in [2.05, 4.69) is 32.1 Å². The number of nitrogens with two attached hydrogens (primary N) is 1. The van der Waals surface area contributed by atoms with Crippen LogP contribution in [0, 0.1) is 20.0 Å². The Labute approximate surface area is 162 Å². The van der Waals surface area contributed by atoms with Crippen molar-refractivity contribution in [2.45, 2.75) is 12.3 Å². The van der Waals surface area contributed by atoms with Gasteiger partial charge in [0.25, 0.3) is 0 Å². The molecule has 7 nitrogen and oxygen atoms in total. The molecule has 26 heavy (non-hydrogen) atoms. The van der Waals surface area contributed by atoms with Crippen molar-refractivity contribution in [2.75, 3.05) is 20.0 Å². The molecule has 0 saturated heterocycles. The van der Waals surface area contributed by atoms with Crippen LogP contribution >= 0.6 is 0 Å². The topological polar surface area (TPSA) is 121 Å². The van der Waals surface area contributed by atoms with Crippen LogP contribution in [0.4, 0.5) is 5.69 Å². The average molecular weight is 399 g/mol. The molecule has 1 atom stereocenters. The molecule has 0 amide bonds. The fourth-order valence-electron chi connectivity index (χ4n) is 2.17. The molecule has 0 aromatic heterocycles. The number of carbonyl (C=O) groups excluding carboxylic acids is 1. The minimum atomic E-state index is -0.394. The quantitative estimate of drug-likeness (QED) is 0.276. The first-order valence-electron chi connectivity index (χ1n) is 6.67. The number of benzene rings is 1. The van der Waals surface area contributed by atoms with Gasteiger partial charge in [0, 0.05) is 23.0 Å². The maximum Gasteiger partial charge on any atom is 0 e. The molecular formula is C18H17FeNO6. The molecule has 2 rings (SSSR count).